The van der Waals surface area contributed by atoms with Gasteiger partial charge in [-0.05, 0) is 5.56 Å². The van der Waals surface area contributed by atoms with E-state index in [0.717, 1.165) is 5.56 Å². The van der Waals surface area contributed by atoms with Crippen molar-refractivity contribution in [2.45, 2.75) is 0 Å². The first kappa shape index (κ1) is 9.69. The topological polar surface area (TPSA) is 32.6 Å². The Hall–Kier alpha value is -0.310. The third-order valence-electron chi connectivity index (χ3n) is 1.01. The Morgan fingerprint density at radius 1 is 1.20 bits per heavy atom. The van der Waals surface area contributed by atoms with Crippen molar-refractivity contribution in [2.75, 3.05) is 0 Å². The maximum Gasteiger partial charge on any atom is 0.0733 e. The molecule has 0 atom stereocenters. The third kappa shape index (κ3) is 3.01. The van der Waals surface area contributed by atoms with E-state index in [2.05, 4.69) is 5.16 Å². The van der Waals surface area contributed by atoms with Crippen molar-refractivity contribution in [3.8, 4) is 0 Å². The van der Waals surface area contributed by atoms with Gasteiger partial charge in [0.05, 0.1) is 6.21 Å². The monoisotopic (exact) mass is 144 g/mol. The van der Waals surface area contributed by atoms with Gasteiger partial charge in [0.25, 0.3) is 0 Å². The summed E-state index contributed by atoms with van der Waals surface area (Å²) in [5.41, 5.74) is 0.903. The molecule has 1 radical (unpaired) electrons. The predicted molar refractivity (Wildman–Crippen MR) is 41.6 cm³/mol. The maximum absolute atomic E-state index is 8.09. The van der Waals surface area contributed by atoms with Crippen LogP contribution in [0.1, 0.15) is 5.56 Å². The van der Waals surface area contributed by atoms with Gasteiger partial charge in [-0.15, -0.1) is 0 Å². The van der Waals surface area contributed by atoms with Crippen molar-refractivity contribution >= 4 is 35.8 Å². The summed E-state index contributed by atoms with van der Waals surface area (Å²) in [5, 5.41) is 11.0. The molecule has 0 aliphatic heterocycles. The van der Waals surface area contributed by atoms with E-state index in [-0.39, 0.29) is 29.6 Å². The van der Waals surface area contributed by atoms with Crippen molar-refractivity contribution in [2.24, 2.45) is 5.16 Å². The molecule has 0 saturated carbocycles. The van der Waals surface area contributed by atoms with E-state index in [9.17, 15) is 0 Å². The zero-order chi connectivity index (χ0) is 6.53. The summed E-state index contributed by atoms with van der Waals surface area (Å²) in [6.45, 7) is 0. The molecule has 10 heavy (non-hydrogen) atoms. The maximum atomic E-state index is 8.09. The molecule has 2 nitrogen and oxygen atoms in total. The second-order valence-corrected chi connectivity index (χ2v) is 1.66. The minimum atomic E-state index is 0. The van der Waals surface area contributed by atoms with Gasteiger partial charge in [0.2, 0.25) is 0 Å². The van der Waals surface area contributed by atoms with Crippen LogP contribution in [0.15, 0.2) is 35.5 Å². The first-order valence-electron chi connectivity index (χ1n) is 2.66. The zero-order valence-corrected chi connectivity index (χ0v) is 7.86. The van der Waals surface area contributed by atoms with Crippen LogP contribution in [-0.4, -0.2) is 41.0 Å². The molecule has 1 rings (SSSR count). The first-order valence-corrected chi connectivity index (χ1v) is 2.66. The normalized spacial score (nSPS) is 9.20. The van der Waals surface area contributed by atoms with Crippen molar-refractivity contribution in [3.63, 3.8) is 0 Å². The molecule has 0 amide bonds. The standard InChI is InChI=1S/C7H7NO.Na/c9-8-6-7-4-2-1-3-5-7;/h1-6,9H;. The molecule has 1 N–H and O–H groups in total. The van der Waals surface area contributed by atoms with Crippen molar-refractivity contribution < 1.29 is 5.21 Å². The van der Waals surface area contributed by atoms with Crippen LogP contribution >= 0.6 is 0 Å². The van der Waals surface area contributed by atoms with Crippen LogP contribution in [0, 0.1) is 0 Å². The molecule has 0 aliphatic carbocycles. The minimum absolute atomic E-state index is 0. The number of nitrogens with zero attached hydrogens (tertiary/aromatic N) is 1. The van der Waals surface area contributed by atoms with Gasteiger partial charge in [-0.2, -0.15) is 0 Å². The van der Waals surface area contributed by atoms with E-state index < -0.39 is 0 Å². The van der Waals surface area contributed by atoms with E-state index in [1.165, 1.54) is 6.21 Å². The fourth-order valence-corrected chi connectivity index (χ4v) is 0.606. The van der Waals surface area contributed by atoms with Gasteiger partial charge < -0.3 is 5.21 Å². The smallest absolute Gasteiger partial charge is 0.0733 e. The van der Waals surface area contributed by atoms with Gasteiger partial charge in [0.1, 0.15) is 0 Å². The first-order chi connectivity index (χ1) is 4.43. The second kappa shape index (κ2) is 5.47. The second-order valence-electron chi connectivity index (χ2n) is 1.66. The summed E-state index contributed by atoms with van der Waals surface area (Å²) >= 11 is 0. The molecule has 0 bridgehead atoms. The van der Waals surface area contributed by atoms with Crippen LogP contribution < -0.4 is 0 Å². The average Bonchev–Trinajstić information content (AvgIpc) is 1.91. The zero-order valence-electron chi connectivity index (χ0n) is 5.86. The van der Waals surface area contributed by atoms with Gasteiger partial charge in [-0.1, -0.05) is 35.5 Å². The van der Waals surface area contributed by atoms with Crippen LogP contribution in [0.2, 0.25) is 0 Å². The van der Waals surface area contributed by atoms with Crippen molar-refractivity contribution in [3.05, 3.63) is 35.9 Å². The fraction of sp³-hybridized carbons (Fsp3) is 0. The molecule has 0 spiro atoms. The molecular weight excluding hydrogens is 137 g/mol. The van der Waals surface area contributed by atoms with Gasteiger partial charge in [-0.3, -0.25) is 0 Å². The Bertz CT molecular complexity index is 198. The van der Waals surface area contributed by atoms with Gasteiger partial charge in [0.15, 0.2) is 0 Å². The number of hydrogen-bond acceptors (Lipinski definition) is 2. The number of benzene rings is 1. The van der Waals surface area contributed by atoms with Crippen molar-refractivity contribution in [1.82, 2.24) is 0 Å². The third-order valence-corrected chi connectivity index (χ3v) is 1.01. The Kier molecular flexibility index (Phi) is 5.30. The van der Waals surface area contributed by atoms with E-state index >= 15 is 0 Å². The molecular formula is C7H7NNaO. The molecule has 0 saturated heterocycles. The molecule has 0 unspecified atom stereocenters. The largest absolute Gasteiger partial charge is 0.411 e. The predicted octanol–water partition coefficient (Wildman–Crippen LogP) is 1.11. The molecule has 1 aromatic rings. The van der Waals surface area contributed by atoms with Gasteiger partial charge in [0, 0.05) is 29.6 Å². The summed E-state index contributed by atoms with van der Waals surface area (Å²) in [5.74, 6) is 0. The van der Waals surface area contributed by atoms with E-state index in [0.29, 0.717) is 0 Å². The SMILES string of the molecule is ON=Cc1ccccc1.[Na]. The van der Waals surface area contributed by atoms with E-state index in [1.807, 2.05) is 30.3 Å². The van der Waals surface area contributed by atoms with E-state index in [4.69, 9.17) is 5.21 Å². The van der Waals surface area contributed by atoms with Crippen LogP contribution in [0.5, 0.6) is 0 Å². The quantitative estimate of drug-likeness (QED) is 0.272. The molecule has 0 heterocycles. The number of oxime groups is 1. The van der Waals surface area contributed by atoms with Gasteiger partial charge >= 0.3 is 0 Å². The molecule has 0 aliphatic rings. The Balaban J connectivity index is 0.000000810. The van der Waals surface area contributed by atoms with Crippen LogP contribution in [-0.2, 0) is 0 Å². The summed E-state index contributed by atoms with van der Waals surface area (Å²) in [7, 11) is 0. The molecule has 0 fully saturated rings. The van der Waals surface area contributed by atoms with Crippen LogP contribution in [0.25, 0.3) is 0 Å². The molecule has 1 aromatic carbocycles. The van der Waals surface area contributed by atoms with E-state index in [1.54, 1.807) is 0 Å². The Labute approximate surface area is 81.9 Å². The summed E-state index contributed by atoms with van der Waals surface area (Å²) in [6, 6.07) is 9.40. The van der Waals surface area contributed by atoms with Crippen LogP contribution in [0.4, 0.5) is 0 Å². The molecule has 3 heteroatoms. The summed E-state index contributed by atoms with van der Waals surface area (Å²) < 4.78 is 0. The molecule has 0 aromatic heterocycles. The fourth-order valence-electron chi connectivity index (χ4n) is 0.606. The minimum Gasteiger partial charge on any atom is -0.411 e. The Morgan fingerprint density at radius 2 is 1.80 bits per heavy atom. The Morgan fingerprint density at radius 3 is 2.30 bits per heavy atom. The number of rotatable bonds is 1. The average molecular weight is 144 g/mol. The van der Waals surface area contributed by atoms with Gasteiger partial charge in [-0.25, -0.2) is 0 Å². The molecule has 47 valence electrons. The van der Waals surface area contributed by atoms with Crippen molar-refractivity contribution in [1.29, 1.82) is 0 Å². The van der Waals surface area contributed by atoms with Crippen LogP contribution in [0.3, 0.4) is 0 Å². The summed E-state index contributed by atoms with van der Waals surface area (Å²) in [4.78, 5) is 0. The number of hydrogen-bond donors (Lipinski definition) is 1. The summed E-state index contributed by atoms with van der Waals surface area (Å²) in [6.07, 6.45) is 1.39.